The number of nitrogens with one attached hydrogen (secondary N) is 2. The molecular formula is C21H21Cl2N3O3. The van der Waals surface area contributed by atoms with E-state index in [1.165, 1.54) is 0 Å². The lowest BCUT2D eigenvalue weighted by Crippen LogP contribution is -2.38. The maximum atomic E-state index is 12.3. The second-order valence-corrected chi connectivity index (χ2v) is 7.68. The summed E-state index contributed by atoms with van der Waals surface area (Å²) >= 11 is 12.0. The summed E-state index contributed by atoms with van der Waals surface area (Å²) < 4.78 is 0. The van der Waals surface area contributed by atoms with Gasteiger partial charge in [0.15, 0.2) is 0 Å². The van der Waals surface area contributed by atoms with Gasteiger partial charge in [-0.05, 0) is 55.3 Å². The minimum atomic E-state index is -0.364. The second-order valence-electron chi connectivity index (χ2n) is 6.83. The number of nitrogens with zero attached hydrogens (tertiary/aromatic N) is 1. The van der Waals surface area contributed by atoms with Crippen molar-refractivity contribution in [2.75, 3.05) is 18.0 Å². The molecule has 0 spiro atoms. The Balaban J connectivity index is 1.52. The van der Waals surface area contributed by atoms with Gasteiger partial charge in [0.05, 0.1) is 12.6 Å². The van der Waals surface area contributed by atoms with Crippen molar-refractivity contribution in [3.05, 3.63) is 63.6 Å². The van der Waals surface area contributed by atoms with Crippen molar-refractivity contribution in [1.29, 1.82) is 0 Å². The van der Waals surface area contributed by atoms with Crippen LogP contribution in [0.25, 0.3) is 0 Å². The molecule has 2 aromatic carbocycles. The Hall–Kier alpha value is -2.57. The van der Waals surface area contributed by atoms with Crippen LogP contribution in [0, 0.1) is 0 Å². The third-order valence-electron chi connectivity index (χ3n) is 4.73. The van der Waals surface area contributed by atoms with Gasteiger partial charge < -0.3 is 15.5 Å². The topological polar surface area (TPSA) is 78.5 Å². The monoisotopic (exact) mass is 433 g/mol. The summed E-state index contributed by atoms with van der Waals surface area (Å²) in [7, 11) is 0. The molecule has 3 amide bonds. The fourth-order valence-electron chi connectivity index (χ4n) is 3.20. The Morgan fingerprint density at radius 2 is 1.86 bits per heavy atom. The van der Waals surface area contributed by atoms with Crippen molar-refractivity contribution >= 4 is 46.6 Å². The van der Waals surface area contributed by atoms with E-state index in [2.05, 4.69) is 10.6 Å². The van der Waals surface area contributed by atoms with Gasteiger partial charge in [0.25, 0.3) is 5.91 Å². The lowest BCUT2D eigenvalue weighted by molar-refractivity contribution is -0.120. The molecule has 0 radical (unpaired) electrons. The zero-order chi connectivity index (χ0) is 21.0. The summed E-state index contributed by atoms with van der Waals surface area (Å²) in [5.41, 5.74) is 1.93. The van der Waals surface area contributed by atoms with Crippen molar-refractivity contribution < 1.29 is 14.4 Å². The molecule has 152 valence electrons. The Labute approximate surface area is 179 Å². The van der Waals surface area contributed by atoms with E-state index in [4.69, 9.17) is 23.2 Å². The number of halogens is 2. The van der Waals surface area contributed by atoms with Crippen molar-refractivity contribution in [2.45, 2.75) is 25.8 Å². The lowest BCUT2D eigenvalue weighted by atomic mass is 10.1. The summed E-state index contributed by atoms with van der Waals surface area (Å²) in [5, 5.41) is 6.36. The number of benzene rings is 2. The van der Waals surface area contributed by atoms with Crippen LogP contribution in [0.5, 0.6) is 0 Å². The fraction of sp³-hybridized carbons (Fsp3) is 0.286. The fourth-order valence-corrected chi connectivity index (χ4v) is 3.77. The molecule has 0 aromatic heterocycles. The van der Waals surface area contributed by atoms with Gasteiger partial charge in [0.2, 0.25) is 11.8 Å². The van der Waals surface area contributed by atoms with Crippen LogP contribution < -0.4 is 15.5 Å². The molecule has 2 aromatic rings. The first-order valence-electron chi connectivity index (χ1n) is 9.28. The maximum absolute atomic E-state index is 12.3. The molecule has 0 saturated carbocycles. The molecule has 0 bridgehead atoms. The number of hydrogen-bond donors (Lipinski definition) is 2. The molecule has 1 saturated heterocycles. The normalized spacial score (nSPS) is 14.6. The van der Waals surface area contributed by atoms with Gasteiger partial charge in [0.1, 0.15) is 0 Å². The van der Waals surface area contributed by atoms with E-state index in [1.807, 2.05) is 0 Å². The van der Waals surface area contributed by atoms with Crippen LogP contribution in [0.2, 0.25) is 10.0 Å². The highest BCUT2D eigenvalue weighted by molar-refractivity contribution is 6.35. The summed E-state index contributed by atoms with van der Waals surface area (Å²) in [4.78, 5) is 37.9. The molecular weight excluding hydrogens is 413 g/mol. The zero-order valence-corrected chi connectivity index (χ0v) is 17.4. The van der Waals surface area contributed by atoms with Gasteiger partial charge in [-0.25, -0.2) is 0 Å². The first-order valence-corrected chi connectivity index (χ1v) is 10.0. The van der Waals surface area contributed by atoms with E-state index in [1.54, 1.807) is 54.3 Å². The quantitative estimate of drug-likeness (QED) is 0.728. The van der Waals surface area contributed by atoms with E-state index in [0.717, 1.165) is 17.7 Å². The van der Waals surface area contributed by atoms with E-state index < -0.39 is 0 Å². The van der Waals surface area contributed by atoms with Crippen LogP contribution in [0.15, 0.2) is 42.5 Å². The number of amides is 3. The minimum Gasteiger partial charge on any atom is -0.348 e. The summed E-state index contributed by atoms with van der Waals surface area (Å²) in [5.74, 6) is -0.610. The summed E-state index contributed by atoms with van der Waals surface area (Å²) in [6.45, 7) is 2.33. The van der Waals surface area contributed by atoms with Crippen molar-refractivity contribution in [1.82, 2.24) is 10.6 Å². The average Bonchev–Trinajstić information content (AvgIpc) is 3.12. The van der Waals surface area contributed by atoms with E-state index in [9.17, 15) is 14.4 Å². The Bertz CT molecular complexity index is 931. The minimum absolute atomic E-state index is 0.0915. The van der Waals surface area contributed by atoms with Gasteiger partial charge in [-0.1, -0.05) is 29.3 Å². The molecule has 3 rings (SSSR count). The first-order chi connectivity index (χ1) is 13.8. The molecule has 1 heterocycles. The summed E-state index contributed by atoms with van der Waals surface area (Å²) in [6, 6.07) is 11.5. The maximum Gasteiger partial charge on any atom is 0.251 e. The van der Waals surface area contributed by atoms with Crippen molar-refractivity contribution in [3.8, 4) is 0 Å². The second kappa shape index (κ2) is 9.29. The van der Waals surface area contributed by atoms with Crippen molar-refractivity contribution in [2.24, 2.45) is 0 Å². The van der Waals surface area contributed by atoms with Crippen LogP contribution in [0.3, 0.4) is 0 Å². The highest BCUT2D eigenvalue weighted by Crippen LogP contribution is 2.26. The van der Waals surface area contributed by atoms with Gasteiger partial charge >= 0.3 is 0 Å². The molecule has 2 N–H and O–H groups in total. The Morgan fingerprint density at radius 1 is 1.14 bits per heavy atom. The van der Waals surface area contributed by atoms with Gasteiger partial charge in [-0.15, -0.1) is 0 Å². The smallest absolute Gasteiger partial charge is 0.251 e. The molecule has 6 nitrogen and oxygen atoms in total. The Morgan fingerprint density at radius 3 is 2.48 bits per heavy atom. The molecule has 1 atom stereocenters. The zero-order valence-electron chi connectivity index (χ0n) is 15.9. The van der Waals surface area contributed by atoms with E-state index >= 15 is 0 Å². The van der Waals surface area contributed by atoms with Crippen molar-refractivity contribution in [3.63, 3.8) is 0 Å². The highest BCUT2D eigenvalue weighted by atomic mass is 35.5. The summed E-state index contributed by atoms with van der Waals surface area (Å²) in [6.07, 6.45) is 1.40. The largest absolute Gasteiger partial charge is 0.348 e. The Kier molecular flexibility index (Phi) is 6.77. The highest BCUT2D eigenvalue weighted by Gasteiger charge is 2.21. The molecule has 1 aliphatic heterocycles. The van der Waals surface area contributed by atoms with E-state index in [-0.39, 0.29) is 30.3 Å². The predicted molar refractivity (Wildman–Crippen MR) is 113 cm³/mol. The third-order valence-corrected chi connectivity index (χ3v) is 5.29. The molecule has 8 heteroatoms. The number of hydrogen-bond acceptors (Lipinski definition) is 3. The molecule has 0 aliphatic carbocycles. The number of carbonyl (C=O) groups excluding carboxylic acids is 3. The van der Waals surface area contributed by atoms with Crippen LogP contribution in [-0.4, -0.2) is 30.8 Å². The molecule has 1 unspecified atom stereocenters. The van der Waals surface area contributed by atoms with Crippen LogP contribution in [-0.2, 0) is 9.59 Å². The number of anilines is 1. The standard InChI is InChI=1S/C21H21Cl2N3O3/c1-13(17-9-6-15(22)11-18(17)23)25-19(27)12-24-21(29)14-4-7-16(8-5-14)26-10-2-3-20(26)28/h4-9,11,13H,2-3,10,12H2,1H3,(H,24,29)(H,25,27). The van der Waals surface area contributed by atoms with Crippen LogP contribution in [0.4, 0.5) is 5.69 Å². The van der Waals surface area contributed by atoms with Crippen LogP contribution in [0.1, 0.15) is 41.7 Å². The van der Waals surface area contributed by atoms with E-state index in [0.29, 0.717) is 28.6 Å². The molecule has 1 aliphatic rings. The molecule has 1 fully saturated rings. The first kappa shape index (κ1) is 21.1. The average molecular weight is 434 g/mol. The number of carbonyl (C=O) groups is 3. The van der Waals surface area contributed by atoms with Gasteiger partial charge in [-0.2, -0.15) is 0 Å². The lowest BCUT2D eigenvalue weighted by Gasteiger charge is -2.17. The third kappa shape index (κ3) is 5.28. The molecule has 29 heavy (non-hydrogen) atoms. The van der Waals surface area contributed by atoms with Gasteiger partial charge in [-0.3, -0.25) is 14.4 Å². The number of rotatable bonds is 6. The van der Waals surface area contributed by atoms with Crippen LogP contribution >= 0.6 is 23.2 Å². The van der Waals surface area contributed by atoms with Gasteiger partial charge in [0, 0.05) is 34.3 Å². The predicted octanol–water partition coefficient (Wildman–Crippen LogP) is 3.73. The SMILES string of the molecule is CC(NC(=O)CNC(=O)c1ccc(N2CCCC2=O)cc1)c1ccc(Cl)cc1Cl.